The number of amides is 1. The molecular weight excluding hydrogens is 316 g/mol. The predicted octanol–water partition coefficient (Wildman–Crippen LogP) is 3.23. The van der Waals surface area contributed by atoms with Gasteiger partial charge in [-0.05, 0) is 69.3 Å². The molecule has 1 amide bonds. The van der Waals surface area contributed by atoms with Crippen LogP contribution < -0.4 is 0 Å². The van der Waals surface area contributed by atoms with Gasteiger partial charge in [0.1, 0.15) is 5.60 Å². The quantitative estimate of drug-likeness (QED) is 0.790. The number of nitrogens with zero attached hydrogens (tertiary/aromatic N) is 2. The van der Waals surface area contributed by atoms with E-state index in [0.717, 1.165) is 49.2 Å². The Balaban J connectivity index is 1.84. The molecule has 2 fully saturated rings. The average Bonchev–Trinajstić information content (AvgIpc) is 2.76. The second kappa shape index (κ2) is 6.45. The van der Waals surface area contributed by atoms with Crippen LogP contribution in [-0.2, 0) is 11.3 Å². The van der Waals surface area contributed by atoms with E-state index in [1.807, 2.05) is 6.92 Å². The highest BCUT2D eigenvalue weighted by Crippen LogP contribution is 2.33. The summed E-state index contributed by atoms with van der Waals surface area (Å²) in [6.07, 6.45) is 1.72. The number of carbonyl (C=O) groups excluding carboxylic acids is 2. The summed E-state index contributed by atoms with van der Waals surface area (Å²) in [5.41, 5.74) is 5.06. The summed E-state index contributed by atoms with van der Waals surface area (Å²) in [4.78, 5) is 27.9. The van der Waals surface area contributed by atoms with Crippen LogP contribution in [0.5, 0.6) is 0 Å². The Morgan fingerprint density at radius 2 is 1.96 bits per heavy atom. The van der Waals surface area contributed by atoms with Gasteiger partial charge in [0.15, 0.2) is 5.78 Å². The van der Waals surface area contributed by atoms with Crippen LogP contribution in [0.25, 0.3) is 0 Å². The number of hydrogen-bond donors (Lipinski definition) is 0. The lowest BCUT2D eigenvalue weighted by Gasteiger charge is -2.39. The van der Waals surface area contributed by atoms with Crippen LogP contribution in [-0.4, -0.2) is 54.0 Å². The summed E-state index contributed by atoms with van der Waals surface area (Å²) < 4.78 is 5.70. The highest BCUT2D eigenvalue weighted by molar-refractivity contribution is 5.97. The maximum Gasteiger partial charge on any atom is 0.410 e. The molecule has 5 nitrogen and oxygen atoms in total. The average molecular weight is 344 g/mol. The third kappa shape index (κ3) is 3.30. The van der Waals surface area contributed by atoms with Crippen LogP contribution in [0.1, 0.15) is 52.4 Å². The summed E-state index contributed by atoms with van der Waals surface area (Å²) in [6, 6.07) is 2.11. The molecule has 0 radical (unpaired) electrons. The minimum absolute atomic E-state index is 0.123. The Kier molecular flexibility index (Phi) is 4.62. The second-order valence-corrected chi connectivity index (χ2v) is 7.77. The van der Waals surface area contributed by atoms with E-state index in [1.165, 1.54) is 11.1 Å². The molecule has 0 bridgehead atoms. The van der Waals surface area contributed by atoms with Crippen molar-refractivity contribution in [3.63, 3.8) is 0 Å². The predicted molar refractivity (Wildman–Crippen MR) is 97.0 cm³/mol. The first-order valence-corrected chi connectivity index (χ1v) is 8.99. The molecule has 0 aromatic heterocycles. The van der Waals surface area contributed by atoms with Crippen molar-refractivity contribution < 1.29 is 14.3 Å². The number of benzene rings is 1. The van der Waals surface area contributed by atoms with Gasteiger partial charge in [0, 0.05) is 25.7 Å². The van der Waals surface area contributed by atoms with E-state index in [1.54, 1.807) is 18.9 Å². The minimum atomic E-state index is -0.375. The molecule has 0 saturated carbocycles. The van der Waals surface area contributed by atoms with E-state index >= 15 is 0 Å². The maximum absolute atomic E-state index is 12.0. The minimum Gasteiger partial charge on any atom is -0.440 e. The number of hydrogen-bond acceptors (Lipinski definition) is 4. The Morgan fingerprint density at radius 1 is 1.24 bits per heavy atom. The molecule has 1 atom stereocenters. The topological polar surface area (TPSA) is 49.9 Å². The first-order chi connectivity index (χ1) is 11.7. The first-order valence-electron chi connectivity index (χ1n) is 8.99. The molecule has 0 N–H and O–H groups in total. The van der Waals surface area contributed by atoms with Gasteiger partial charge in [0.25, 0.3) is 0 Å². The van der Waals surface area contributed by atoms with Crippen molar-refractivity contribution in [3.05, 3.63) is 33.9 Å². The van der Waals surface area contributed by atoms with Gasteiger partial charge in [-0.3, -0.25) is 9.69 Å². The number of likely N-dealkylation sites (N-methyl/N-ethyl adjacent to an activating group) is 1. The summed E-state index contributed by atoms with van der Waals surface area (Å²) >= 11 is 0. The molecule has 2 saturated heterocycles. The van der Waals surface area contributed by atoms with Crippen molar-refractivity contribution in [1.82, 2.24) is 9.80 Å². The van der Waals surface area contributed by atoms with E-state index in [9.17, 15) is 9.59 Å². The van der Waals surface area contributed by atoms with Gasteiger partial charge in [-0.2, -0.15) is 0 Å². The van der Waals surface area contributed by atoms with Gasteiger partial charge in [-0.25, -0.2) is 4.79 Å². The van der Waals surface area contributed by atoms with Crippen LogP contribution in [0.2, 0.25) is 0 Å². The SMILES string of the molecule is CC(=O)c1c(C)cc(C)c(CN2CCC[C@]3(C2)CN(C)C(=O)O3)c1C. The van der Waals surface area contributed by atoms with Gasteiger partial charge in [0.05, 0.1) is 6.54 Å². The Hall–Kier alpha value is -1.88. The number of rotatable bonds is 3. The lowest BCUT2D eigenvalue weighted by atomic mass is 9.89. The van der Waals surface area contributed by atoms with E-state index in [0.29, 0.717) is 6.54 Å². The Bertz CT molecular complexity index is 728. The molecule has 2 heterocycles. The molecule has 3 rings (SSSR count). The monoisotopic (exact) mass is 344 g/mol. The van der Waals surface area contributed by atoms with Gasteiger partial charge in [-0.1, -0.05) is 6.07 Å². The smallest absolute Gasteiger partial charge is 0.410 e. The van der Waals surface area contributed by atoms with Crippen molar-refractivity contribution in [3.8, 4) is 0 Å². The highest BCUT2D eigenvalue weighted by Gasteiger charge is 2.46. The van der Waals surface area contributed by atoms with Crippen LogP contribution >= 0.6 is 0 Å². The largest absolute Gasteiger partial charge is 0.440 e. The molecular formula is C20H28N2O3. The molecule has 5 heteroatoms. The number of Topliss-reactive ketones (excluding diaryl/α,β-unsaturated/α-hetero) is 1. The first kappa shape index (κ1) is 17.9. The van der Waals surface area contributed by atoms with Crippen molar-refractivity contribution in [2.24, 2.45) is 0 Å². The Labute approximate surface area is 149 Å². The van der Waals surface area contributed by atoms with Crippen molar-refractivity contribution in [2.45, 2.75) is 52.7 Å². The number of aryl methyl sites for hydroxylation is 2. The molecule has 2 aliphatic rings. The summed E-state index contributed by atoms with van der Waals surface area (Å²) in [5.74, 6) is 0.123. The van der Waals surface area contributed by atoms with Crippen molar-refractivity contribution in [2.75, 3.05) is 26.7 Å². The fraction of sp³-hybridized carbons (Fsp3) is 0.600. The van der Waals surface area contributed by atoms with Gasteiger partial charge in [0.2, 0.25) is 0 Å². The fourth-order valence-corrected chi connectivity index (χ4v) is 4.57. The Morgan fingerprint density at radius 3 is 2.56 bits per heavy atom. The summed E-state index contributed by atoms with van der Waals surface area (Å²) in [5, 5.41) is 0. The number of ketones is 1. The molecule has 0 unspecified atom stereocenters. The lowest BCUT2D eigenvalue weighted by molar-refractivity contribution is -0.0114. The summed E-state index contributed by atoms with van der Waals surface area (Å²) in [7, 11) is 1.80. The standard InChI is InChI=1S/C20H28N2O3/c1-13-9-14(2)18(16(4)23)15(3)17(13)10-22-8-6-7-20(12-22)11-21(5)19(24)25-20/h9H,6-8,10-12H2,1-5H3/t20-/m1/s1. The number of carbonyl (C=O) groups is 2. The molecule has 1 aromatic rings. The molecule has 1 aromatic carbocycles. The van der Waals surface area contributed by atoms with E-state index in [4.69, 9.17) is 4.74 Å². The molecule has 0 aliphatic carbocycles. The molecule has 1 spiro atoms. The normalized spacial score (nSPS) is 24.0. The maximum atomic E-state index is 12.0. The second-order valence-electron chi connectivity index (χ2n) is 7.77. The number of likely N-dealkylation sites (tertiary alicyclic amines) is 1. The van der Waals surface area contributed by atoms with Gasteiger partial charge < -0.3 is 9.64 Å². The van der Waals surface area contributed by atoms with Crippen molar-refractivity contribution in [1.29, 1.82) is 0 Å². The van der Waals surface area contributed by atoms with Crippen LogP contribution in [0.3, 0.4) is 0 Å². The fourth-order valence-electron chi connectivity index (χ4n) is 4.57. The van der Waals surface area contributed by atoms with Crippen LogP contribution in [0.15, 0.2) is 6.07 Å². The van der Waals surface area contributed by atoms with E-state index in [2.05, 4.69) is 24.8 Å². The highest BCUT2D eigenvalue weighted by atomic mass is 16.6. The van der Waals surface area contributed by atoms with E-state index in [-0.39, 0.29) is 17.5 Å². The number of ether oxygens (including phenoxy) is 1. The van der Waals surface area contributed by atoms with E-state index < -0.39 is 0 Å². The third-order valence-electron chi connectivity index (χ3n) is 5.62. The van der Waals surface area contributed by atoms with Gasteiger partial charge in [-0.15, -0.1) is 0 Å². The summed E-state index contributed by atoms with van der Waals surface area (Å²) in [6.45, 7) is 11.0. The number of piperidine rings is 1. The third-order valence-corrected chi connectivity index (χ3v) is 5.62. The van der Waals surface area contributed by atoms with Crippen molar-refractivity contribution >= 4 is 11.9 Å². The zero-order valence-electron chi connectivity index (χ0n) is 15.9. The zero-order valence-corrected chi connectivity index (χ0v) is 15.9. The van der Waals surface area contributed by atoms with Gasteiger partial charge >= 0.3 is 6.09 Å². The van der Waals surface area contributed by atoms with Crippen LogP contribution in [0, 0.1) is 20.8 Å². The lowest BCUT2D eigenvalue weighted by Crippen LogP contribution is -2.50. The molecule has 25 heavy (non-hydrogen) atoms. The molecule has 2 aliphatic heterocycles. The van der Waals surface area contributed by atoms with Crippen LogP contribution in [0.4, 0.5) is 4.79 Å². The molecule has 136 valence electrons. The zero-order chi connectivity index (χ0) is 18.4.